The molecule has 4 N–H and O–H groups in total. The van der Waals surface area contributed by atoms with Crippen molar-refractivity contribution in [3.05, 3.63) is 65.5 Å². The first-order valence-electron chi connectivity index (χ1n) is 10.4. The lowest BCUT2D eigenvalue weighted by atomic mass is 10.1. The number of carbonyl (C=O) groups is 1. The number of benzene rings is 2. The molecule has 2 saturated heterocycles. The van der Waals surface area contributed by atoms with Gasteiger partial charge in [-0.3, -0.25) is 20.0 Å². The topological polar surface area (TPSA) is 94.3 Å². The number of rotatable bonds is 7. The van der Waals surface area contributed by atoms with Gasteiger partial charge in [0.2, 0.25) is 0 Å². The summed E-state index contributed by atoms with van der Waals surface area (Å²) >= 11 is 0. The summed E-state index contributed by atoms with van der Waals surface area (Å²) in [6.07, 6.45) is -0.909. The Morgan fingerprint density at radius 1 is 1.19 bits per heavy atom. The van der Waals surface area contributed by atoms with Gasteiger partial charge in [-0.25, -0.2) is 10.2 Å². The largest absolute Gasteiger partial charge is 0.378 e. The molecule has 2 aromatic rings. The van der Waals surface area contributed by atoms with Crippen LogP contribution in [-0.4, -0.2) is 72.6 Å². The van der Waals surface area contributed by atoms with Gasteiger partial charge in [-0.05, 0) is 24.3 Å². The zero-order valence-electron chi connectivity index (χ0n) is 17.3. The van der Waals surface area contributed by atoms with Gasteiger partial charge in [0.1, 0.15) is 5.82 Å². The molecule has 2 fully saturated rings. The van der Waals surface area contributed by atoms with Crippen LogP contribution in [0.2, 0.25) is 0 Å². The lowest BCUT2D eigenvalue weighted by molar-refractivity contribution is -0.0947. The van der Waals surface area contributed by atoms with Crippen LogP contribution in [0.1, 0.15) is 15.9 Å². The summed E-state index contributed by atoms with van der Waals surface area (Å²) in [5.41, 5.74) is 3.31. The van der Waals surface area contributed by atoms with Gasteiger partial charge < -0.3 is 14.7 Å². The van der Waals surface area contributed by atoms with Gasteiger partial charge in [0.15, 0.2) is 6.35 Å². The van der Waals surface area contributed by atoms with E-state index in [1.165, 1.54) is 6.07 Å². The maximum Gasteiger partial charge on any atom is 0.265 e. The summed E-state index contributed by atoms with van der Waals surface area (Å²) in [6, 6.07) is 14.2. The normalized spacial score (nSPS) is 18.9. The molecular formula is C22H28FN5O3. The van der Waals surface area contributed by atoms with Crippen molar-refractivity contribution in [2.45, 2.75) is 18.9 Å². The number of nitrogens with two attached hydrogens (primary N) is 1. The van der Waals surface area contributed by atoms with Crippen LogP contribution in [0.4, 0.5) is 10.1 Å². The number of carbonyl (C=O) groups excluding carboxylic acids is 1. The van der Waals surface area contributed by atoms with Crippen LogP contribution in [0.5, 0.6) is 0 Å². The maximum absolute atomic E-state index is 14.8. The highest BCUT2D eigenvalue weighted by molar-refractivity contribution is 5.93. The van der Waals surface area contributed by atoms with E-state index in [-0.39, 0.29) is 12.1 Å². The number of aliphatic hydroxyl groups is 1. The third-order valence-corrected chi connectivity index (χ3v) is 5.97. The number of ether oxygens (including phenoxy) is 1. The highest BCUT2D eigenvalue weighted by Crippen LogP contribution is 2.24. The van der Waals surface area contributed by atoms with Crippen molar-refractivity contribution >= 4 is 11.6 Å². The molecule has 0 aliphatic carbocycles. The van der Waals surface area contributed by atoms with Crippen LogP contribution in [0.3, 0.4) is 0 Å². The summed E-state index contributed by atoms with van der Waals surface area (Å²) in [4.78, 5) is 17.8. The highest BCUT2D eigenvalue weighted by Gasteiger charge is 2.32. The van der Waals surface area contributed by atoms with E-state index in [2.05, 4.69) is 4.90 Å². The standard InChI is InChI=1S/C22H28FN5O3/c23-20-12-16(21(29)25-24)6-7-17(20)13-28(18-4-2-1-3-5-18)22(30)27-10-8-26(9-11-27)19-14-31-15-19/h1-7,12,19,22,30H,8-11,13-15,24H2,(H,25,29). The minimum Gasteiger partial charge on any atom is -0.378 e. The fourth-order valence-corrected chi connectivity index (χ4v) is 3.97. The van der Waals surface area contributed by atoms with E-state index in [0.29, 0.717) is 24.7 Å². The lowest BCUT2D eigenvalue weighted by Crippen LogP contribution is -2.60. The molecule has 166 valence electrons. The Hall–Kier alpha value is -2.56. The summed E-state index contributed by atoms with van der Waals surface area (Å²) < 4.78 is 20.0. The van der Waals surface area contributed by atoms with Gasteiger partial charge in [0.25, 0.3) is 5.91 Å². The zero-order chi connectivity index (χ0) is 21.8. The Morgan fingerprint density at radius 2 is 1.90 bits per heavy atom. The molecule has 2 aliphatic rings. The molecule has 1 amide bonds. The number of para-hydroxylation sites is 1. The van der Waals surface area contributed by atoms with Gasteiger partial charge in [0, 0.05) is 49.5 Å². The molecule has 2 aliphatic heterocycles. The minimum absolute atomic E-state index is 0.145. The number of piperazine rings is 1. The van der Waals surface area contributed by atoms with Crippen LogP contribution in [0.15, 0.2) is 48.5 Å². The smallest absolute Gasteiger partial charge is 0.265 e. The second-order valence-corrected chi connectivity index (χ2v) is 7.85. The molecule has 1 unspecified atom stereocenters. The molecule has 0 aromatic heterocycles. The molecule has 4 rings (SSSR count). The van der Waals surface area contributed by atoms with Crippen molar-refractivity contribution in [1.29, 1.82) is 0 Å². The van der Waals surface area contributed by atoms with E-state index in [1.807, 2.05) is 40.7 Å². The van der Waals surface area contributed by atoms with Crippen molar-refractivity contribution in [2.75, 3.05) is 44.3 Å². The van der Waals surface area contributed by atoms with Gasteiger partial charge >= 0.3 is 0 Å². The Bertz CT molecular complexity index is 888. The first-order chi connectivity index (χ1) is 15.1. The average Bonchev–Trinajstić information content (AvgIpc) is 2.77. The van der Waals surface area contributed by atoms with E-state index >= 15 is 0 Å². The van der Waals surface area contributed by atoms with E-state index < -0.39 is 18.1 Å². The number of nitrogens with zero attached hydrogens (tertiary/aromatic N) is 3. The fourth-order valence-electron chi connectivity index (χ4n) is 3.97. The Morgan fingerprint density at radius 3 is 2.48 bits per heavy atom. The highest BCUT2D eigenvalue weighted by atomic mass is 19.1. The second-order valence-electron chi connectivity index (χ2n) is 7.85. The van der Waals surface area contributed by atoms with Crippen LogP contribution >= 0.6 is 0 Å². The first-order valence-corrected chi connectivity index (χ1v) is 10.4. The molecule has 0 bridgehead atoms. The van der Waals surface area contributed by atoms with Gasteiger partial charge in [-0.2, -0.15) is 0 Å². The third kappa shape index (κ3) is 4.86. The number of anilines is 1. The number of hydrogen-bond donors (Lipinski definition) is 3. The Kier molecular flexibility index (Phi) is 6.79. The molecule has 2 heterocycles. The van der Waals surface area contributed by atoms with Crippen LogP contribution < -0.4 is 16.2 Å². The molecule has 8 nitrogen and oxygen atoms in total. The van der Waals surface area contributed by atoms with Crippen molar-refractivity contribution in [1.82, 2.24) is 15.2 Å². The van der Waals surface area contributed by atoms with Gasteiger partial charge in [-0.15, -0.1) is 0 Å². The van der Waals surface area contributed by atoms with E-state index in [9.17, 15) is 14.3 Å². The van der Waals surface area contributed by atoms with E-state index in [1.54, 1.807) is 11.0 Å². The molecule has 2 aromatic carbocycles. The van der Waals surface area contributed by atoms with E-state index in [0.717, 1.165) is 38.1 Å². The zero-order valence-corrected chi connectivity index (χ0v) is 17.3. The molecule has 0 radical (unpaired) electrons. The summed E-state index contributed by atoms with van der Waals surface area (Å²) in [5, 5.41) is 11.2. The molecule has 1 atom stereocenters. The number of aliphatic hydroxyl groups excluding tert-OH is 1. The Labute approximate surface area is 181 Å². The lowest BCUT2D eigenvalue weighted by Gasteiger charge is -2.45. The average molecular weight is 429 g/mol. The molecule has 31 heavy (non-hydrogen) atoms. The third-order valence-electron chi connectivity index (χ3n) is 5.97. The monoisotopic (exact) mass is 429 g/mol. The number of halogens is 1. The molecule has 9 heteroatoms. The summed E-state index contributed by atoms with van der Waals surface area (Å²) in [7, 11) is 0. The number of nitrogens with one attached hydrogen (secondary N) is 1. The fraction of sp³-hybridized carbons (Fsp3) is 0.409. The molecule has 0 spiro atoms. The number of hydrogen-bond acceptors (Lipinski definition) is 7. The van der Waals surface area contributed by atoms with Crippen molar-refractivity contribution in [3.63, 3.8) is 0 Å². The minimum atomic E-state index is -0.909. The molecular weight excluding hydrogens is 401 g/mol. The maximum atomic E-state index is 14.8. The predicted molar refractivity (Wildman–Crippen MR) is 114 cm³/mol. The van der Waals surface area contributed by atoms with Crippen molar-refractivity contribution in [2.24, 2.45) is 5.84 Å². The van der Waals surface area contributed by atoms with Gasteiger partial charge in [-0.1, -0.05) is 24.3 Å². The number of nitrogen functional groups attached to an aromatic ring is 1. The van der Waals surface area contributed by atoms with E-state index in [4.69, 9.17) is 10.6 Å². The quantitative estimate of drug-likeness (QED) is 0.259. The predicted octanol–water partition coefficient (Wildman–Crippen LogP) is 0.728. The second kappa shape index (κ2) is 9.71. The SMILES string of the molecule is NNC(=O)c1ccc(CN(c2ccccc2)C(O)N2CCN(C3COC3)CC2)c(F)c1. The number of hydrazine groups is 1. The summed E-state index contributed by atoms with van der Waals surface area (Å²) in [6.45, 7) is 4.82. The van der Waals surface area contributed by atoms with Crippen LogP contribution in [0, 0.1) is 5.82 Å². The van der Waals surface area contributed by atoms with Crippen molar-refractivity contribution < 1.29 is 19.0 Å². The Balaban J connectivity index is 1.50. The number of amides is 1. The summed E-state index contributed by atoms with van der Waals surface area (Å²) in [5.74, 6) is 4.05. The molecule has 0 saturated carbocycles. The van der Waals surface area contributed by atoms with Crippen LogP contribution in [-0.2, 0) is 11.3 Å². The van der Waals surface area contributed by atoms with Crippen molar-refractivity contribution in [3.8, 4) is 0 Å². The van der Waals surface area contributed by atoms with Crippen LogP contribution in [0.25, 0.3) is 0 Å². The van der Waals surface area contributed by atoms with Gasteiger partial charge in [0.05, 0.1) is 19.3 Å². The first kappa shape index (κ1) is 21.7.